The molecule has 1 aliphatic carbocycles. The lowest BCUT2D eigenvalue weighted by Crippen LogP contribution is -2.76. The number of carbonyl (C=O) groups excluding carboxylic acids is 3. The van der Waals surface area contributed by atoms with Crippen molar-refractivity contribution in [3.63, 3.8) is 0 Å². The third kappa shape index (κ3) is 3.40. The third-order valence-corrected chi connectivity index (χ3v) is 8.34. The first-order valence-electron chi connectivity index (χ1n) is 12.4. The second-order valence-corrected chi connectivity index (χ2v) is 10.1. The van der Waals surface area contributed by atoms with Gasteiger partial charge in [0.05, 0.1) is 37.7 Å². The Morgan fingerprint density at radius 2 is 1.33 bits per heavy atom. The fourth-order valence-electron chi connectivity index (χ4n) is 6.93. The van der Waals surface area contributed by atoms with Gasteiger partial charge >= 0.3 is 11.9 Å². The zero-order valence-corrected chi connectivity index (χ0v) is 20.9. The fourth-order valence-corrected chi connectivity index (χ4v) is 6.93. The molecule has 190 valence electrons. The van der Waals surface area contributed by atoms with E-state index in [4.69, 9.17) is 9.47 Å². The molecule has 0 spiro atoms. The molecule has 9 heteroatoms. The van der Waals surface area contributed by atoms with E-state index in [1.807, 2.05) is 36.2 Å². The number of hydrogen-bond acceptors (Lipinski definition) is 9. The Balaban J connectivity index is 1.82. The average Bonchev–Trinajstić information content (AvgIpc) is 3.45. The van der Waals surface area contributed by atoms with Gasteiger partial charge in [-0.05, 0) is 44.2 Å². The summed E-state index contributed by atoms with van der Waals surface area (Å²) >= 11 is 0. The first-order valence-corrected chi connectivity index (χ1v) is 12.4. The molecule has 0 N–H and O–H groups in total. The van der Waals surface area contributed by atoms with Crippen molar-refractivity contribution < 1.29 is 23.9 Å². The molecule has 0 unspecified atom stereocenters. The van der Waals surface area contributed by atoms with Gasteiger partial charge in [-0.3, -0.25) is 34.2 Å². The maximum Gasteiger partial charge on any atom is 0.322 e. The lowest BCUT2D eigenvalue weighted by molar-refractivity contribution is -0.205. The van der Waals surface area contributed by atoms with E-state index in [0.29, 0.717) is 11.4 Å². The number of fused-ring (bicyclic) bond motifs is 2. The molecule has 2 aliphatic heterocycles. The Kier molecular flexibility index (Phi) is 6.38. The number of esters is 2. The SMILES string of the molecule is COC(=O)[C@]12CN(C3CCCC3)C[C@](C(=O)OC)(C1=O)[C@@H](c1ccccn1)N(C)[C@H]2c1ccccn1. The minimum atomic E-state index is -1.67. The lowest BCUT2D eigenvalue weighted by Gasteiger charge is -2.61. The van der Waals surface area contributed by atoms with Crippen LogP contribution in [-0.2, 0) is 23.9 Å². The number of carbonyl (C=O) groups is 3. The normalized spacial score (nSPS) is 31.2. The second-order valence-electron chi connectivity index (χ2n) is 10.1. The molecule has 0 amide bonds. The summed E-state index contributed by atoms with van der Waals surface area (Å²) in [4.78, 5) is 55.6. The van der Waals surface area contributed by atoms with Gasteiger partial charge in [0.2, 0.25) is 0 Å². The predicted octanol–water partition coefficient (Wildman–Crippen LogP) is 2.35. The summed E-state index contributed by atoms with van der Waals surface area (Å²) in [5, 5.41) is 0. The molecule has 9 nitrogen and oxygen atoms in total. The fraction of sp³-hybridized carbons (Fsp3) is 0.519. The summed E-state index contributed by atoms with van der Waals surface area (Å²) in [6, 6.07) is 9.49. The molecule has 3 fully saturated rings. The minimum Gasteiger partial charge on any atom is -0.468 e. The highest BCUT2D eigenvalue weighted by Gasteiger charge is 2.75. The van der Waals surface area contributed by atoms with Crippen LogP contribution >= 0.6 is 0 Å². The second kappa shape index (κ2) is 9.37. The number of nitrogens with zero attached hydrogens (tertiary/aromatic N) is 4. The Morgan fingerprint density at radius 3 is 1.72 bits per heavy atom. The highest BCUT2D eigenvalue weighted by Crippen LogP contribution is 2.60. The maximum atomic E-state index is 14.8. The average molecular weight is 493 g/mol. The molecule has 5 rings (SSSR count). The van der Waals surface area contributed by atoms with Crippen LogP contribution in [0.2, 0.25) is 0 Å². The quantitative estimate of drug-likeness (QED) is 0.460. The van der Waals surface area contributed by atoms with E-state index in [9.17, 15) is 14.4 Å². The number of hydrogen-bond donors (Lipinski definition) is 0. The monoisotopic (exact) mass is 492 g/mol. The first kappa shape index (κ1) is 24.5. The van der Waals surface area contributed by atoms with Crippen molar-refractivity contribution in [3.05, 3.63) is 60.2 Å². The molecular weight excluding hydrogens is 460 g/mol. The number of pyridine rings is 2. The van der Waals surface area contributed by atoms with Crippen molar-refractivity contribution in [1.29, 1.82) is 0 Å². The van der Waals surface area contributed by atoms with E-state index in [1.165, 1.54) is 14.2 Å². The van der Waals surface area contributed by atoms with Gasteiger partial charge in [-0.2, -0.15) is 0 Å². The standard InChI is InChI=1S/C27H32N4O5/c1-30-21(19-12-6-8-14-28-19)26(24(33)35-2)16-31(18-10-4-5-11-18)17-27(23(26)32,25(34)36-3)22(30)20-13-7-9-15-29-20/h6-9,12-15,18,21-22H,4-5,10-11,16-17H2,1-3H3/t21-,22+,26-,27+. The first-order chi connectivity index (χ1) is 17.4. The van der Waals surface area contributed by atoms with Crippen LogP contribution in [0.3, 0.4) is 0 Å². The Morgan fingerprint density at radius 1 is 0.861 bits per heavy atom. The van der Waals surface area contributed by atoms with E-state index in [1.54, 1.807) is 24.5 Å². The number of aromatic nitrogens is 2. The third-order valence-electron chi connectivity index (χ3n) is 8.34. The Hall–Kier alpha value is -3.17. The largest absolute Gasteiger partial charge is 0.468 e. The smallest absolute Gasteiger partial charge is 0.322 e. The number of piperidine rings is 2. The lowest BCUT2D eigenvalue weighted by atomic mass is 9.54. The van der Waals surface area contributed by atoms with Crippen LogP contribution in [0.4, 0.5) is 0 Å². The van der Waals surface area contributed by atoms with Gasteiger partial charge in [0, 0.05) is 31.5 Å². The van der Waals surface area contributed by atoms with Gasteiger partial charge in [0.15, 0.2) is 16.6 Å². The molecular formula is C27H32N4O5. The Labute approximate surface area is 210 Å². The van der Waals surface area contributed by atoms with E-state index in [0.717, 1.165) is 25.7 Å². The molecule has 36 heavy (non-hydrogen) atoms. The van der Waals surface area contributed by atoms with Crippen molar-refractivity contribution in [2.75, 3.05) is 34.4 Å². The number of ketones is 1. The van der Waals surface area contributed by atoms with E-state index < -0.39 is 40.6 Å². The highest BCUT2D eigenvalue weighted by molar-refractivity contribution is 6.17. The van der Waals surface area contributed by atoms with Gasteiger partial charge in [-0.1, -0.05) is 25.0 Å². The van der Waals surface area contributed by atoms with Gasteiger partial charge in [-0.25, -0.2) is 0 Å². The number of likely N-dealkylation sites (tertiary alicyclic amines) is 2. The van der Waals surface area contributed by atoms with E-state index in [2.05, 4.69) is 14.9 Å². The van der Waals surface area contributed by atoms with Crippen LogP contribution in [0.1, 0.15) is 49.2 Å². The molecule has 4 heterocycles. The summed E-state index contributed by atoms with van der Waals surface area (Å²) in [5.41, 5.74) is -2.21. The van der Waals surface area contributed by atoms with Crippen LogP contribution in [0.25, 0.3) is 0 Å². The van der Waals surface area contributed by atoms with Crippen molar-refractivity contribution in [1.82, 2.24) is 19.8 Å². The Bertz CT molecular complexity index is 1060. The molecule has 1 saturated carbocycles. The summed E-state index contributed by atoms with van der Waals surface area (Å²) in [6.45, 7) is 0.310. The zero-order valence-electron chi connectivity index (χ0n) is 20.9. The van der Waals surface area contributed by atoms with Crippen LogP contribution < -0.4 is 0 Å². The molecule has 3 aliphatic rings. The maximum absolute atomic E-state index is 14.8. The molecule has 4 atom stereocenters. The molecule has 0 aromatic carbocycles. The van der Waals surface area contributed by atoms with Crippen LogP contribution in [-0.4, -0.2) is 77.9 Å². The summed E-state index contributed by atoms with van der Waals surface area (Å²) in [6.07, 6.45) is 7.32. The molecule has 2 bridgehead atoms. The van der Waals surface area contributed by atoms with Crippen molar-refractivity contribution in [3.8, 4) is 0 Å². The number of rotatable bonds is 5. The zero-order chi connectivity index (χ0) is 25.5. The topological polar surface area (TPSA) is 102 Å². The van der Waals surface area contributed by atoms with Gasteiger partial charge in [-0.15, -0.1) is 0 Å². The van der Waals surface area contributed by atoms with Crippen molar-refractivity contribution >= 4 is 17.7 Å². The number of Topliss-reactive ketones (excluding diaryl/α,β-unsaturated/α-hetero) is 1. The van der Waals surface area contributed by atoms with Gasteiger partial charge in [0.25, 0.3) is 0 Å². The number of ether oxygens (including phenoxy) is 2. The van der Waals surface area contributed by atoms with Crippen molar-refractivity contribution in [2.24, 2.45) is 10.8 Å². The molecule has 2 aromatic heterocycles. The van der Waals surface area contributed by atoms with E-state index >= 15 is 0 Å². The molecule has 2 aromatic rings. The van der Waals surface area contributed by atoms with Crippen LogP contribution in [0.15, 0.2) is 48.8 Å². The summed E-state index contributed by atoms with van der Waals surface area (Å²) < 4.78 is 10.7. The highest BCUT2D eigenvalue weighted by atomic mass is 16.5. The van der Waals surface area contributed by atoms with Gasteiger partial charge in [0.1, 0.15) is 0 Å². The molecule has 0 radical (unpaired) electrons. The predicted molar refractivity (Wildman–Crippen MR) is 129 cm³/mol. The van der Waals surface area contributed by atoms with Crippen LogP contribution in [0, 0.1) is 10.8 Å². The summed E-state index contributed by atoms with van der Waals surface area (Å²) in [5.74, 6) is -1.80. The number of methoxy groups -OCH3 is 2. The van der Waals surface area contributed by atoms with E-state index in [-0.39, 0.29) is 19.1 Å². The summed E-state index contributed by atoms with van der Waals surface area (Å²) in [7, 11) is 4.41. The minimum absolute atomic E-state index is 0.155. The van der Waals surface area contributed by atoms with Crippen LogP contribution in [0.5, 0.6) is 0 Å². The van der Waals surface area contributed by atoms with Crippen molar-refractivity contribution in [2.45, 2.75) is 43.8 Å². The van der Waals surface area contributed by atoms with Gasteiger partial charge < -0.3 is 9.47 Å². The molecule has 2 saturated heterocycles.